The molecule has 0 N–H and O–H groups in total. The Bertz CT molecular complexity index is 1100. The van der Waals surface area contributed by atoms with Crippen LogP contribution < -0.4 is 15.4 Å². The van der Waals surface area contributed by atoms with Crippen molar-refractivity contribution in [2.24, 2.45) is 0 Å². The van der Waals surface area contributed by atoms with Crippen LogP contribution >= 0.6 is 11.8 Å². The first kappa shape index (κ1) is 18.6. The van der Waals surface area contributed by atoms with Gasteiger partial charge in [0.1, 0.15) is 11.0 Å². The van der Waals surface area contributed by atoms with Crippen molar-refractivity contribution in [1.29, 1.82) is 0 Å². The van der Waals surface area contributed by atoms with Gasteiger partial charge < -0.3 is 9.32 Å². The second-order valence-corrected chi connectivity index (χ2v) is 7.83. The molecule has 28 heavy (non-hydrogen) atoms. The van der Waals surface area contributed by atoms with Crippen LogP contribution in [0.25, 0.3) is 11.0 Å². The van der Waals surface area contributed by atoms with Gasteiger partial charge >= 0.3 is 5.63 Å². The molecule has 1 aliphatic rings. The summed E-state index contributed by atoms with van der Waals surface area (Å²) >= 11 is 1.50. The fourth-order valence-corrected chi connectivity index (χ4v) is 5.01. The third-order valence-electron chi connectivity index (χ3n) is 5.08. The fraction of sp³-hybridized carbons (Fsp3) is 0.273. The van der Waals surface area contributed by atoms with Gasteiger partial charge in [-0.25, -0.2) is 4.79 Å². The summed E-state index contributed by atoms with van der Waals surface area (Å²) in [6.45, 7) is 7.48. The molecule has 2 heterocycles. The fourth-order valence-electron chi connectivity index (χ4n) is 3.67. The molecule has 1 amide bonds. The number of carbonyl (C=O) groups is 1. The summed E-state index contributed by atoms with van der Waals surface area (Å²) < 4.78 is 5.68. The number of nitrogens with zero attached hydrogens (tertiary/aromatic N) is 2. The van der Waals surface area contributed by atoms with E-state index in [2.05, 4.69) is 18.7 Å². The molecular weight excluding hydrogens is 372 g/mol. The summed E-state index contributed by atoms with van der Waals surface area (Å²) in [5.41, 5.74) is 2.51. The number of amides is 1. The first-order valence-corrected chi connectivity index (χ1v) is 10.3. The van der Waals surface area contributed by atoms with Crippen molar-refractivity contribution < 1.29 is 9.21 Å². The van der Waals surface area contributed by atoms with E-state index in [1.807, 2.05) is 48.5 Å². The van der Waals surface area contributed by atoms with Crippen molar-refractivity contribution in [3.8, 4) is 0 Å². The van der Waals surface area contributed by atoms with Gasteiger partial charge in [0.05, 0.1) is 11.3 Å². The molecule has 1 unspecified atom stereocenters. The molecule has 5 nitrogen and oxygen atoms in total. The maximum Gasteiger partial charge on any atom is 0.342 e. The number of benzene rings is 2. The molecule has 1 aromatic heterocycles. The van der Waals surface area contributed by atoms with Gasteiger partial charge in [-0.15, -0.1) is 0 Å². The highest BCUT2D eigenvalue weighted by Gasteiger charge is 2.36. The number of hydrogen-bond donors (Lipinski definition) is 0. The summed E-state index contributed by atoms with van der Waals surface area (Å²) in [4.78, 5) is 30.0. The topological polar surface area (TPSA) is 53.8 Å². The molecule has 0 saturated carbocycles. The molecule has 144 valence electrons. The Balaban J connectivity index is 1.79. The number of rotatable bonds is 4. The Morgan fingerprint density at radius 3 is 2.61 bits per heavy atom. The molecule has 0 saturated heterocycles. The molecule has 0 fully saturated rings. The van der Waals surface area contributed by atoms with Crippen LogP contribution in [0.15, 0.2) is 62.6 Å². The molecule has 6 heteroatoms. The molecule has 4 rings (SSSR count). The number of thioether (sulfide) groups is 1. The van der Waals surface area contributed by atoms with E-state index in [1.165, 1.54) is 18.7 Å². The number of para-hydroxylation sites is 1. The van der Waals surface area contributed by atoms with Crippen LogP contribution in [-0.4, -0.2) is 19.0 Å². The van der Waals surface area contributed by atoms with Crippen LogP contribution in [-0.2, 0) is 4.79 Å². The highest BCUT2D eigenvalue weighted by Crippen LogP contribution is 2.50. The minimum Gasteiger partial charge on any atom is -0.422 e. The standard InChI is InChI=1S/C22H22N2O3S/c1-4-23(5-2)16-11-10-15-12-17(22(26)27-19(15)13-16)21-24(14(3)25)18-8-6-7-9-20(18)28-21/h6-13,21H,4-5H2,1-3H3. The lowest BCUT2D eigenvalue weighted by Gasteiger charge is -2.23. The molecule has 2 aromatic carbocycles. The first-order chi connectivity index (χ1) is 13.5. The summed E-state index contributed by atoms with van der Waals surface area (Å²) in [6.07, 6.45) is 0. The number of anilines is 2. The summed E-state index contributed by atoms with van der Waals surface area (Å²) in [5, 5.41) is 0.434. The van der Waals surface area contributed by atoms with Gasteiger partial charge in [0, 0.05) is 42.0 Å². The van der Waals surface area contributed by atoms with Crippen LogP contribution in [0.2, 0.25) is 0 Å². The maximum absolute atomic E-state index is 12.8. The van der Waals surface area contributed by atoms with E-state index >= 15 is 0 Å². The van der Waals surface area contributed by atoms with Crippen molar-refractivity contribution in [1.82, 2.24) is 0 Å². The van der Waals surface area contributed by atoms with Gasteiger partial charge in [-0.2, -0.15) is 0 Å². The smallest absolute Gasteiger partial charge is 0.342 e. The SMILES string of the molecule is CCN(CC)c1ccc2cc(C3Sc4ccccc4N3C(C)=O)c(=O)oc2c1. The van der Waals surface area contributed by atoms with Crippen molar-refractivity contribution in [3.63, 3.8) is 0 Å². The predicted octanol–water partition coefficient (Wildman–Crippen LogP) is 4.80. The van der Waals surface area contributed by atoms with E-state index in [0.717, 1.165) is 34.7 Å². The normalized spacial score (nSPS) is 15.7. The van der Waals surface area contributed by atoms with Gasteiger partial charge in [0.15, 0.2) is 0 Å². The molecule has 1 atom stereocenters. The van der Waals surface area contributed by atoms with E-state index in [0.29, 0.717) is 11.1 Å². The first-order valence-electron chi connectivity index (χ1n) is 9.41. The zero-order valence-electron chi connectivity index (χ0n) is 16.1. The summed E-state index contributed by atoms with van der Waals surface area (Å²) in [5.74, 6) is -0.0983. The number of fused-ring (bicyclic) bond motifs is 2. The Morgan fingerprint density at radius 2 is 1.89 bits per heavy atom. The molecular formula is C22H22N2O3S. The van der Waals surface area contributed by atoms with Crippen molar-refractivity contribution >= 4 is 40.0 Å². The van der Waals surface area contributed by atoms with Gasteiger partial charge in [-0.05, 0) is 44.2 Å². The quantitative estimate of drug-likeness (QED) is 0.595. The van der Waals surface area contributed by atoms with Crippen molar-refractivity contribution in [3.05, 3.63) is 64.5 Å². The minimum absolute atomic E-state index is 0.0983. The lowest BCUT2D eigenvalue weighted by molar-refractivity contribution is -0.116. The summed E-state index contributed by atoms with van der Waals surface area (Å²) in [7, 11) is 0. The Labute approximate surface area is 167 Å². The van der Waals surface area contributed by atoms with E-state index < -0.39 is 11.0 Å². The second kappa shape index (κ2) is 7.36. The summed E-state index contributed by atoms with van der Waals surface area (Å²) in [6, 6.07) is 15.5. The van der Waals surface area contributed by atoms with Gasteiger partial charge in [-0.3, -0.25) is 9.69 Å². The molecule has 0 spiro atoms. The molecule has 0 aliphatic carbocycles. The largest absolute Gasteiger partial charge is 0.422 e. The Kier molecular flexibility index (Phi) is 4.89. The molecule has 1 aliphatic heterocycles. The highest BCUT2D eigenvalue weighted by molar-refractivity contribution is 8.00. The highest BCUT2D eigenvalue weighted by atomic mass is 32.2. The third-order valence-corrected chi connectivity index (χ3v) is 6.37. The molecule has 3 aromatic rings. The zero-order valence-corrected chi connectivity index (χ0v) is 17.0. The van der Waals surface area contributed by atoms with E-state index in [1.54, 1.807) is 4.90 Å². The average molecular weight is 394 g/mol. The molecule has 0 radical (unpaired) electrons. The molecule has 0 bridgehead atoms. The van der Waals surface area contributed by atoms with Crippen LogP contribution in [0.5, 0.6) is 0 Å². The Morgan fingerprint density at radius 1 is 1.14 bits per heavy atom. The lowest BCUT2D eigenvalue weighted by atomic mass is 10.1. The monoisotopic (exact) mass is 394 g/mol. The van der Waals surface area contributed by atoms with Crippen LogP contribution in [0, 0.1) is 0 Å². The second-order valence-electron chi connectivity index (χ2n) is 6.71. The van der Waals surface area contributed by atoms with Crippen LogP contribution in [0.1, 0.15) is 31.7 Å². The third kappa shape index (κ3) is 3.07. The van der Waals surface area contributed by atoms with Crippen LogP contribution in [0.4, 0.5) is 11.4 Å². The number of hydrogen-bond acceptors (Lipinski definition) is 5. The van der Waals surface area contributed by atoms with Crippen molar-refractivity contribution in [2.75, 3.05) is 22.9 Å². The van der Waals surface area contributed by atoms with Crippen molar-refractivity contribution in [2.45, 2.75) is 31.0 Å². The lowest BCUT2D eigenvalue weighted by Crippen LogP contribution is -2.30. The zero-order chi connectivity index (χ0) is 19.8. The van der Waals surface area contributed by atoms with Gasteiger partial charge in [0.25, 0.3) is 0 Å². The van der Waals surface area contributed by atoms with Gasteiger partial charge in [-0.1, -0.05) is 23.9 Å². The van der Waals surface area contributed by atoms with Crippen LogP contribution in [0.3, 0.4) is 0 Å². The Hall–Kier alpha value is -2.73. The minimum atomic E-state index is -0.419. The van der Waals surface area contributed by atoms with E-state index in [9.17, 15) is 9.59 Å². The van der Waals surface area contributed by atoms with Gasteiger partial charge in [0.2, 0.25) is 5.91 Å². The average Bonchev–Trinajstić information content (AvgIpc) is 3.07. The maximum atomic E-state index is 12.8. The number of carbonyl (C=O) groups excluding carboxylic acids is 1. The predicted molar refractivity (Wildman–Crippen MR) is 114 cm³/mol. The van der Waals surface area contributed by atoms with E-state index in [-0.39, 0.29) is 5.91 Å². The van der Waals surface area contributed by atoms with E-state index in [4.69, 9.17) is 4.42 Å².